The van der Waals surface area contributed by atoms with E-state index in [0.29, 0.717) is 0 Å². The van der Waals surface area contributed by atoms with Crippen molar-refractivity contribution < 1.29 is 8.83 Å². The average Bonchev–Trinajstić information content (AvgIpc) is 3.98. The van der Waals surface area contributed by atoms with Crippen molar-refractivity contribution in [3.63, 3.8) is 0 Å². The molecular formula is C50H32N2O2. The second-order valence-electron chi connectivity index (χ2n) is 14.4. The van der Waals surface area contributed by atoms with E-state index in [1.807, 2.05) is 0 Å². The minimum atomic E-state index is 0.768. The molecule has 0 N–H and O–H groups in total. The van der Waals surface area contributed by atoms with Crippen LogP contribution in [0.3, 0.4) is 0 Å². The number of nitrogens with zero attached hydrogens (tertiary/aromatic N) is 2. The molecule has 54 heavy (non-hydrogen) atoms. The van der Waals surface area contributed by atoms with Crippen molar-refractivity contribution >= 4 is 87.5 Å². The minimum Gasteiger partial charge on any atom is -0.456 e. The first-order chi connectivity index (χ1) is 26.8. The third-order valence-corrected chi connectivity index (χ3v) is 11.4. The van der Waals surface area contributed by atoms with Gasteiger partial charge in [-0.05, 0) is 84.6 Å². The lowest BCUT2D eigenvalue weighted by atomic mass is 9.98. The lowest BCUT2D eigenvalue weighted by molar-refractivity contribution is 0.656. The number of aryl methyl sites for hydroxylation is 2. The van der Waals surface area contributed by atoms with Crippen LogP contribution >= 0.6 is 0 Å². The van der Waals surface area contributed by atoms with E-state index >= 15 is 0 Å². The van der Waals surface area contributed by atoms with Crippen LogP contribution < -0.4 is 0 Å². The number of hydrogen-bond acceptors (Lipinski definition) is 2. The van der Waals surface area contributed by atoms with Gasteiger partial charge in [0.2, 0.25) is 0 Å². The van der Waals surface area contributed by atoms with E-state index in [0.717, 1.165) is 68.1 Å². The second-order valence-corrected chi connectivity index (χ2v) is 14.4. The molecule has 0 fully saturated rings. The predicted octanol–water partition coefficient (Wildman–Crippen LogP) is 13.5. The Labute approximate surface area is 309 Å². The second kappa shape index (κ2) is 11.2. The highest BCUT2D eigenvalue weighted by atomic mass is 16.3. The van der Waals surface area contributed by atoms with Gasteiger partial charge in [0, 0.05) is 54.5 Å². The van der Waals surface area contributed by atoms with Gasteiger partial charge in [0.25, 0.3) is 0 Å². The van der Waals surface area contributed by atoms with E-state index in [-0.39, 0.29) is 0 Å². The molecule has 12 rings (SSSR count). The van der Waals surface area contributed by atoms with Crippen LogP contribution in [0.25, 0.3) is 98.9 Å². The lowest BCUT2D eigenvalue weighted by Gasteiger charge is -2.13. The monoisotopic (exact) mass is 692 g/mol. The Kier molecular flexibility index (Phi) is 6.14. The molecule has 8 aromatic carbocycles. The van der Waals surface area contributed by atoms with Gasteiger partial charge < -0.3 is 18.0 Å². The Balaban J connectivity index is 1.08. The Morgan fingerprint density at radius 1 is 0.315 bits per heavy atom. The van der Waals surface area contributed by atoms with Crippen LogP contribution in [-0.4, -0.2) is 9.13 Å². The molecule has 0 aliphatic carbocycles. The molecule has 4 heterocycles. The third kappa shape index (κ3) is 4.19. The third-order valence-electron chi connectivity index (χ3n) is 11.4. The van der Waals surface area contributed by atoms with Crippen LogP contribution in [-0.2, 0) is 12.8 Å². The highest BCUT2D eigenvalue weighted by molar-refractivity contribution is 6.12. The summed E-state index contributed by atoms with van der Waals surface area (Å²) in [6.45, 7) is 0. The number of rotatable bonds is 5. The van der Waals surface area contributed by atoms with Gasteiger partial charge in [0.15, 0.2) is 0 Å². The standard InChI is InChI=1S/C50H32N2O2/c1-7-19-43-35(13-1)36-14-2-8-20-44(36)51(43)33-27-31(49-41(29-33)39-17-5-11-23-47(39)53-49)25-26-32-28-34(30-42-40-18-6-12-24-48(40)54-50(32)42)52-45-21-9-3-15-37(45)38-16-4-10-22-46(38)52/h1-24,27-30H,25-26H2. The number of benzene rings is 8. The van der Waals surface area contributed by atoms with Gasteiger partial charge in [-0.3, -0.25) is 0 Å². The quantitative estimate of drug-likeness (QED) is 0.180. The van der Waals surface area contributed by atoms with E-state index in [9.17, 15) is 0 Å². The molecule has 4 nitrogen and oxygen atoms in total. The number of aromatic nitrogens is 2. The van der Waals surface area contributed by atoms with Gasteiger partial charge in [-0.25, -0.2) is 0 Å². The summed E-state index contributed by atoms with van der Waals surface area (Å²) in [5.41, 5.74) is 13.1. The largest absolute Gasteiger partial charge is 0.456 e. The molecule has 254 valence electrons. The van der Waals surface area contributed by atoms with Crippen LogP contribution in [0.2, 0.25) is 0 Å². The van der Waals surface area contributed by atoms with E-state index in [1.54, 1.807) is 0 Å². The Bertz CT molecular complexity index is 3120. The van der Waals surface area contributed by atoms with Crippen molar-refractivity contribution in [1.82, 2.24) is 9.13 Å². The SMILES string of the molecule is c1ccc2c(c1)oc1c(CCc3cc(-n4c5ccccc5c5ccccc54)cc4c3oc3ccccc34)cc(-n3c4ccccc4c4ccccc43)cc12. The van der Waals surface area contributed by atoms with E-state index in [1.165, 1.54) is 54.7 Å². The molecule has 4 heteroatoms. The molecule has 0 unspecified atom stereocenters. The zero-order valence-corrected chi connectivity index (χ0v) is 29.3. The van der Waals surface area contributed by atoms with Crippen LogP contribution in [0.4, 0.5) is 0 Å². The molecule has 0 spiro atoms. The molecule has 0 amide bonds. The number of hydrogen-bond donors (Lipinski definition) is 0. The van der Waals surface area contributed by atoms with Gasteiger partial charge in [-0.1, -0.05) is 109 Å². The zero-order chi connectivity index (χ0) is 35.3. The van der Waals surface area contributed by atoms with E-state index in [4.69, 9.17) is 8.83 Å². The molecule has 0 aliphatic rings. The summed E-state index contributed by atoms with van der Waals surface area (Å²) in [5, 5.41) is 9.53. The van der Waals surface area contributed by atoms with Gasteiger partial charge in [-0.15, -0.1) is 0 Å². The first kappa shape index (κ1) is 29.5. The Hall–Kier alpha value is -7.04. The number of furan rings is 2. The Morgan fingerprint density at radius 2 is 0.630 bits per heavy atom. The molecule has 4 aromatic heterocycles. The molecule has 0 saturated heterocycles. The first-order valence-corrected chi connectivity index (χ1v) is 18.6. The minimum absolute atomic E-state index is 0.768. The van der Waals surface area contributed by atoms with Gasteiger partial charge in [0.05, 0.1) is 22.1 Å². The molecule has 12 aromatic rings. The Morgan fingerprint density at radius 3 is 1.00 bits per heavy atom. The van der Waals surface area contributed by atoms with Crippen molar-refractivity contribution in [3.05, 3.63) is 181 Å². The average molecular weight is 693 g/mol. The lowest BCUT2D eigenvalue weighted by Crippen LogP contribution is -2.00. The predicted molar refractivity (Wildman–Crippen MR) is 224 cm³/mol. The maximum Gasteiger partial charge on any atom is 0.138 e. The van der Waals surface area contributed by atoms with Crippen LogP contribution in [0, 0.1) is 0 Å². The maximum absolute atomic E-state index is 6.70. The summed E-state index contributed by atoms with van der Waals surface area (Å²) in [4.78, 5) is 0. The smallest absolute Gasteiger partial charge is 0.138 e. The summed E-state index contributed by atoms with van der Waals surface area (Å²) in [6, 6.07) is 61.0. The van der Waals surface area contributed by atoms with Crippen molar-refractivity contribution in [2.24, 2.45) is 0 Å². The van der Waals surface area contributed by atoms with Crippen molar-refractivity contribution in [1.29, 1.82) is 0 Å². The molecule has 0 bridgehead atoms. The van der Waals surface area contributed by atoms with Crippen molar-refractivity contribution in [2.45, 2.75) is 12.8 Å². The summed E-state index contributed by atoms with van der Waals surface area (Å²) >= 11 is 0. The van der Waals surface area contributed by atoms with E-state index < -0.39 is 0 Å². The summed E-state index contributed by atoms with van der Waals surface area (Å²) in [7, 11) is 0. The first-order valence-electron chi connectivity index (χ1n) is 18.6. The van der Waals surface area contributed by atoms with Gasteiger partial charge >= 0.3 is 0 Å². The van der Waals surface area contributed by atoms with Crippen LogP contribution in [0.5, 0.6) is 0 Å². The number of para-hydroxylation sites is 6. The topological polar surface area (TPSA) is 36.1 Å². The van der Waals surface area contributed by atoms with Crippen molar-refractivity contribution in [2.75, 3.05) is 0 Å². The van der Waals surface area contributed by atoms with Crippen LogP contribution in [0.1, 0.15) is 11.1 Å². The van der Waals surface area contributed by atoms with Crippen molar-refractivity contribution in [3.8, 4) is 11.4 Å². The van der Waals surface area contributed by atoms with Gasteiger partial charge in [0.1, 0.15) is 22.3 Å². The highest BCUT2D eigenvalue weighted by Gasteiger charge is 2.20. The normalized spacial score (nSPS) is 12.2. The fourth-order valence-corrected chi connectivity index (χ4v) is 9.06. The molecule has 0 radical (unpaired) electrons. The molecular weight excluding hydrogens is 661 g/mol. The molecule has 0 aliphatic heterocycles. The summed E-state index contributed by atoms with van der Waals surface area (Å²) < 4.78 is 18.2. The summed E-state index contributed by atoms with van der Waals surface area (Å²) in [5.74, 6) is 0. The van der Waals surface area contributed by atoms with Crippen LogP contribution in [0.15, 0.2) is 179 Å². The zero-order valence-electron chi connectivity index (χ0n) is 29.3. The fourth-order valence-electron chi connectivity index (χ4n) is 9.06. The molecule has 0 saturated carbocycles. The highest BCUT2D eigenvalue weighted by Crippen LogP contribution is 2.40. The summed E-state index contributed by atoms with van der Waals surface area (Å²) in [6.07, 6.45) is 1.54. The fraction of sp³-hybridized carbons (Fsp3) is 0.0400. The number of fused-ring (bicyclic) bond motifs is 12. The maximum atomic E-state index is 6.70. The van der Waals surface area contributed by atoms with Gasteiger partial charge in [-0.2, -0.15) is 0 Å². The van der Waals surface area contributed by atoms with E-state index in [2.05, 4.69) is 179 Å². The molecule has 0 atom stereocenters.